The highest BCUT2D eigenvalue weighted by atomic mass is 127. The van der Waals surface area contributed by atoms with Crippen molar-refractivity contribution in [2.75, 3.05) is 0 Å². The lowest BCUT2D eigenvalue weighted by molar-refractivity contribution is 0.685. The van der Waals surface area contributed by atoms with Crippen LogP contribution in [0.15, 0.2) is 43.0 Å². The van der Waals surface area contributed by atoms with E-state index in [9.17, 15) is 0 Å². The highest BCUT2D eigenvalue weighted by molar-refractivity contribution is 14.1. The Morgan fingerprint density at radius 3 is 2.68 bits per heavy atom. The van der Waals surface area contributed by atoms with Gasteiger partial charge in [0.1, 0.15) is 6.33 Å². The summed E-state index contributed by atoms with van der Waals surface area (Å²) in [5.41, 5.74) is 2.15. The largest absolute Gasteiger partial charge is 0.275 e. The molecule has 0 fully saturated rings. The minimum Gasteiger partial charge on any atom is -0.275 e. The first-order valence-electron chi connectivity index (χ1n) is 5.83. The lowest BCUT2D eigenvalue weighted by Gasteiger charge is -1.97. The van der Waals surface area contributed by atoms with Crippen LogP contribution in [0.1, 0.15) is 5.56 Å². The zero-order valence-corrected chi connectivity index (χ0v) is 12.5. The number of halogens is 1. The topological polar surface area (TPSA) is 48.5 Å². The second-order valence-electron chi connectivity index (χ2n) is 4.29. The van der Waals surface area contributed by atoms with Crippen molar-refractivity contribution in [2.24, 2.45) is 7.05 Å². The third-order valence-electron chi connectivity index (χ3n) is 2.74. The third-order valence-corrected chi connectivity index (χ3v) is 3.46. The van der Waals surface area contributed by atoms with Gasteiger partial charge in [-0.05, 0) is 34.7 Å². The first kappa shape index (κ1) is 12.3. The van der Waals surface area contributed by atoms with E-state index >= 15 is 0 Å². The van der Waals surface area contributed by atoms with Crippen molar-refractivity contribution in [1.82, 2.24) is 24.5 Å². The van der Waals surface area contributed by atoms with Crippen LogP contribution < -0.4 is 0 Å². The molecular weight excluding hydrogens is 353 g/mol. The Bertz CT molecular complexity index is 683. The summed E-state index contributed by atoms with van der Waals surface area (Å²) >= 11 is 2.28. The highest BCUT2D eigenvalue weighted by Gasteiger charge is 2.05. The Morgan fingerprint density at radius 2 is 2.00 bits per heavy atom. The van der Waals surface area contributed by atoms with Gasteiger partial charge in [-0.25, -0.2) is 9.67 Å². The number of nitrogens with zero attached hydrogens (tertiary/aromatic N) is 5. The summed E-state index contributed by atoms with van der Waals surface area (Å²) in [6.07, 6.45) is 5.57. The number of aromatic nitrogens is 5. The van der Waals surface area contributed by atoms with Crippen LogP contribution in [0, 0.1) is 3.57 Å². The van der Waals surface area contributed by atoms with Gasteiger partial charge in [-0.3, -0.25) is 4.68 Å². The number of hydrogen-bond donors (Lipinski definition) is 0. The zero-order valence-electron chi connectivity index (χ0n) is 10.4. The fourth-order valence-electron chi connectivity index (χ4n) is 1.84. The van der Waals surface area contributed by atoms with Gasteiger partial charge < -0.3 is 0 Å². The van der Waals surface area contributed by atoms with Crippen molar-refractivity contribution in [3.63, 3.8) is 0 Å². The lowest BCUT2D eigenvalue weighted by atomic mass is 10.2. The smallest absolute Gasteiger partial charge is 0.181 e. The van der Waals surface area contributed by atoms with E-state index in [2.05, 4.69) is 49.9 Å². The summed E-state index contributed by atoms with van der Waals surface area (Å²) in [5, 5.41) is 8.62. The second-order valence-corrected chi connectivity index (χ2v) is 5.54. The van der Waals surface area contributed by atoms with Crippen LogP contribution in [0.2, 0.25) is 0 Å². The van der Waals surface area contributed by atoms with Crippen LogP contribution in [0.4, 0.5) is 0 Å². The first-order valence-corrected chi connectivity index (χ1v) is 6.91. The van der Waals surface area contributed by atoms with Gasteiger partial charge in [0, 0.05) is 27.9 Å². The minimum absolute atomic E-state index is 0.686. The molecule has 96 valence electrons. The van der Waals surface area contributed by atoms with Crippen molar-refractivity contribution in [3.05, 3.63) is 52.1 Å². The van der Waals surface area contributed by atoms with Gasteiger partial charge in [0.05, 0.1) is 12.7 Å². The molecule has 0 radical (unpaired) electrons. The van der Waals surface area contributed by atoms with E-state index in [1.165, 1.54) is 3.57 Å². The molecule has 0 amide bonds. The fraction of sp³-hybridized carbons (Fsp3) is 0.154. The van der Waals surface area contributed by atoms with E-state index in [1.54, 1.807) is 11.0 Å². The predicted octanol–water partition coefficient (Wildman–Crippen LogP) is 2.33. The van der Waals surface area contributed by atoms with Gasteiger partial charge in [0.15, 0.2) is 5.82 Å². The van der Waals surface area contributed by atoms with Crippen LogP contribution in [0.5, 0.6) is 0 Å². The molecule has 6 heteroatoms. The van der Waals surface area contributed by atoms with Crippen molar-refractivity contribution in [2.45, 2.75) is 6.54 Å². The van der Waals surface area contributed by atoms with Crippen LogP contribution in [0.3, 0.4) is 0 Å². The Kier molecular flexibility index (Phi) is 3.33. The lowest BCUT2D eigenvalue weighted by Crippen LogP contribution is -1.99. The maximum absolute atomic E-state index is 4.48. The van der Waals surface area contributed by atoms with Gasteiger partial charge in [-0.1, -0.05) is 12.1 Å². The van der Waals surface area contributed by atoms with Crippen LogP contribution in [-0.4, -0.2) is 24.5 Å². The van der Waals surface area contributed by atoms with Crippen LogP contribution >= 0.6 is 22.6 Å². The summed E-state index contributed by atoms with van der Waals surface area (Å²) in [5.74, 6) is 0.750. The molecule has 0 aliphatic carbocycles. The molecule has 1 aromatic carbocycles. The Morgan fingerprint density at radius 1 is 1.21 bits per heavy atom. The van der Waals surface area contributed by atoms with E-state index in [1.807, 2.05) is 36.3 Å². The first-order chi connectivity index (χ1) is 9.20. The maximum Gasteiger partial charge on any atom is 0.181 e. The normalized spacial score (nSPS) is 10.8. The number of hydrogen-bond acceptors (Lipinski definition) is 3. The van der Waals surface area contributed by atoms with Crippen molar-refractivity contribution >= 4 is 22.6 Å². The van der Waals surface area contributed by atoms with Crippen LogP contribution in [0.25, 0.3) is 11.4 Å². The maximum atomic E-state index is 4.48. The van der Waals surface area contributed by atoms with Crippen LogP contribution in [-0.2, 0) is 13.6 Å². The van der Waals surface area contributed by atoms with E-state index in [0.717, 1.165) is 17.0 Å². The minimum atomic E-state index is 0.686. The molecule has 0 aliphatic rings. The highest BCUT2D eigenvalue weighted by Crippen LogP contribution is 2.16. The van der Waals surface area contributed by atoms with Crippen molar-refractivity contribution < 1.29 is 0 Å². The Balaban J connectivity index is 1.81. The molecule has 0 bridgehead atoms. The van der Waals surface area contributed by atoms with E-state index in [4.69, 9.17) is 0 Å². The molecule has 0 atom stereocenters. The molecule has 19 heavy (non-hydrogen) atoms. The van der Waals surface area contributed by atoms with Gasteiger partial charge in [-0.2, -0.15) is 10.2 Å². The summed E-state index contributed by atoms with van der Waals surface area (Å²) < 4.78 is 4.81. The molecule has 2 aromatic heterocycles. The van der Waals surface area contributed by atoms with E-state index in [0.29, 0.717) is 6.54 Å². The van der Waals surface area contributed by atoms with E-state index < -0.39 is 0 Å². The van der Waals surface area contributed by atoms with Crippen molar-refractivity contribution in [3.8, 4) is 11.4 Å². The molecule has 0 unspecified atom stereocenters. The van der Waals surface area contributed by atoms with Gasteiger partial charge in [0.25, 0.3) is 0 Å². The molecule has 0 aliphatic heterocycles. The molecule has 3 rings (SSSR count). The van der Waals surface area contributed by atoms with E-state index in [-0.39, 0.29) is 0 Å². The second kappa shape index (κ2) is 5.12. The average molecular weight is 365 g/mol. The molecule has 3 aromatic rings. The summed E-state index contributed by atoms with van der Waals surface area (Å²) in [7, 11) is 1.90. The predicted molar refractivity (Wildman–Crippen MR) is 80.5 cm³/mol. The Labute approximate surface area is 124 Å². The van der Waals surface area contributed by atoms with Crippen molar-refractivity contribution in [1.29, 1.82) is 0 Å². The molecule has 0 spiro atoms. The summed E-state index contributed by atoms with van der Waals surface area (Å²) in [6.45, 7) is 0.686. The monoisotopic (exact) mass is 365 g/mol. The standard InChI is InChI=1S/C13H12IN5/c1-18-7-10(6-16-18)8-19-9-15-13(17-19)11-2-4-12(14)5-3-11/h2-7,9H,8H2,1H3. The summed E-state index contributed by atoms with van der Waals surface area (Å²) in [6, 6.07) is 8.17. The molecule has 0 N–H and O–H groups in total. The molecular formula is C13H12IN5. The van der Waals surface area contributed by atoms with Gasteiger partial charge in [-0.15, -0.1) is 0 Å². The molecule has 5 nitrogen and oxygen atoms in total. The molecule has 0 saturated carbocycles. The number of rotatable bonds is 3. The SMILES string of the molecule is Cn1cc(Cn2cnc(-c3ccc(I)cc3)n2)cn1. The fourth-order valence-corrected chi connectivity index (χ4v) is 2.20. The van der Waals surface area contributed by atoms with Gasteiger partial charge >= 0.3 is 0 Å². The zero-order chi connectivity index (χ0) is 13.2. The summed E-state index contributed by atoms with van der Waals surface area (Å²) in [4.78, 5) is 4.34. The number of aryl methyl sites for hydroxylation is 1. The number of benzene rings is 1. The third kappa shape index (κ3) is 2.83. The molecule has 0 saturated heterocycles. The quantitative estimate of drug-likeness (QED) is 0.670. The average Bonchev–Trinajstić information content (AvgIpc) is 3.00. The molecule has 2 heterocycles. The van der Waals surface area contributed by atoms with Gasteiger partial charge in [0.2, 0.25) is 0 Å². The Hall–Kier alpha value is -1.70.